The molecule has 6 heteroatoms. The van der Waals surface area contributed by atoms with Crippen molar-refractivity contribution in [3.05, 3.63) is 72.3 Å². The molecule has 24 heavy (non-hydrogen) atoms. The first-order valence-corrected chi connectivity index (χ1v) is 13.1. The van der Waals surface area contributed by atoms with E-state index in [1.165, 1.54) is 12.1 Å². The zero-order valence-corrected chi connectivity index (χ0v) is 17.0. The minimum absolute atomic E-state index is 0.214. The summed E-state index contributed by atoms with van der Waals surface area (Å²) in [7, 11) is 11.8. The monoisotopic (exact) mass is 494 g/mol. The first-order valence-electron chi connectivity index (χ1n) is 6.89. The Kier molecular flexibility index (Phi) is 5.99. The quantitative estimate of drug-likeness (QED) is 0.477. The van der Waals surface area contributed by atoms with E-state index in [1.807, 2.05) is 12.1 Å². The van der Waals surface area contributed by atoms with Crippen LogP contribution in [-0.4, -0.2) is 28.1 Å². The van der Waals surface area contributed by atoms with Gasteiger partial charge < -0.3 is 0 Å². The van der Waals surface area contributed by atoms with Crippen molar-refractivity contribution < 1.29 is 8.78 Å². The predicted octanol–water partition coefficient (Wildman–Crippen LogP) is 4.27. The average Bonchev–Trinajstić information content (AvgIpc) is 2.63. The molecule has 0 unspecified atom stereocenters. The van der Waals surface area contributed by atoms with Crippen molar-refractivity contribution in [2.24, 2.45) is 0 Å². The molecule has 3 aromatic carbocycles. The zero-order valence-electron chi connectivity index (χ0n) is 12.1. The second kappa shape index (κ2) is 8.01. The van der Waals surface area contributed by atoms with Gasteiger partial charge in [0.25, 0.3) is 0 Å². The molecule has 0 heterocycles. The van der Waals surface area contributed by atoms with E-state index in [9.17, 15) is 8.78 Å². The molecule has 0 N–H and O–H groups in total. The minimum atomic E-state index is -0.465. The Morgan fingerprint density at radius 1 is 0.625 bits per heavy atom. The first kappa shape index (κ1) is 17.9. The molecule has 3 aromatic rings. The number of halogens is 4. The van der Waals surface area contributed by atoms with E-state index in [2.05, 4.69) is 0 Å². The second-order valence-electron chi connectivity index (χ2n) is 5.02. The molecule has 0 aliphatic heterocycles. The van der Waals surface area contributed by atoms with E-state index >= 15 is 0 Å². The van der Waals surface area contributed by atoms with Crippen molar-refractivity contribution >= 4 is 57.2 Å². The summed E-state index contributed by atoms with van der Waals surface area (Å²) in [4.78, 5) is 0. The van der Waals surface area contributed by atoms with Gasteiger partial charge in [0, 0.05) is 0 Å². The standard InChI is InChI=1S/C18H10Cl2F2Se2/c19-23-13-5-1-3-11(7-13)15-9-18(22)16(10-17(15)21)12-4-2-6-14(8-12)24-20/h1-10H. The number of hydrogen-bond acceptors (Lipinski definition) is 0. The topological polar surface area (TPSA) is 0 Å². The zero-order chi connectivity index (χ0) is 17.1. The third-order valence-electron chi connectivity index (χ3n) is 3.52. The molecule has 0 bridgehead atoms. The molecule has 0 radical (unpaired) electrons. The summed E-state index contributed by atoms with van der Waals surface area (Å²) in [5.74, 6) is -0.931. The normalized spacial score (nSPS) is 10.8. The first-order chi connectivity index (χ1) is 11.6. The molecular weight excluding hydrogens is 483 g/mol. The number of rotatable bonds is 4. The van der Waals surface area contributed by atoms with Crippen LogP contribution >= 0.6 is 20.2 Å². The fourth-order valence-corrected chi connectivity index (χ4v) is 4.68. The summed E-state index contributed by atoms with van der Waals surface area (Å²) >= 11 is -0.427. The summed E-state index contributed by atoms with van der Waals surface area (Å²) in [6.07, 6.45) is 0. The van der Waals surface area contributed by atoms with Crippen LogP contribution < -0.4 is 8.92 Å². The van der Waals surface area contributed by atoms with Crippen molar-refractivity contribution in [1.29, 1.82) is 0 Å². The Bertz CT molecular complexity index is 811. The molecule has 0 fully saturated rings. The van der Waals surface area contributed by atoms with Gasteiger partial charge in [0.2, 0.25) is 0 Å². The van der Waals surface area contributed by atoms with E-state index < -0.39 is 11.6 Å². The second-order valence-corrected chi connectivity index (χ2v) is 9.25. The van der Waals surface area contributed by atoms with E-state index in [0.29, 0.717) is 11.1 Å². The summed E-state index contributed by atoms with van der Waals surface area (Å²) in [6, 6.07) is 16.9. The Balaban J connectivity index is 2.08. The number of hydrogen-bond donors (Lipinski definition) is 0. The molecule has 0 saturated heterocycles. The molecule has 0 aliphatic rings. The van der Waals surface area contributed by atoms with Crippen LogP contribution in [0.4, 0.5) is 8.78 Å². The summed E-state index contributed by atoms with van der Waals surface area (Å²) < 4.78 is 31.0. The van der Waals surface area contributed by atoms with Gasteiger partial charge in [-0.1, -0.05) is 0 Å². The molecule has 0 atom stereocenters. The van der Waals surface area contributed by atoms with Crippen molar-refractivity contribution in [2.45, 2.75) is 0 Å². The van der Waals surface area contributed by atoms with E-state index in [0.717, 1.165) is 8.92 Å². The van der Waals surface area contributed by atoms with Gasteiger partial charge in [-0.2, -0.15) is 0 Å². The Morgan fingerprint density at radius 3 is 1.42 bits per heavy atom. The molecule has 0 amide bonds. The van der Waals surface area contributed by atoms with Crippen LogP contribution in [0.25, 0.3) is 22.3 Å². The van der Waals surface area contributed by atoms with Crippen LogP contribution in [-0.2, 0) is 0 Å². The Labute approximate surface area is 159 Å². The van der Waals surface area contributed by atoms with E-state index in [4.69, 9.17) is 20.2 Å². The summed E-state index contributed by atoms with van der Waals surface area (Å²) in [5, 5.41) is 0. The average molecular weight is 493 g/mol. The van der Waals surface area contributed by atoms with Gasteiger partial charge >= 0.3 is 161 Å². The maximum atomic E-state index is 14.6. The number of benzene rings is 3. The van der Waals surface area contributed by atoms with Crippen LogP contribution in [0.5, 0.6) is 0 Å². The summed E-state index contributed by atoms with van der Waals surface area (Å²) in [6.45, 7) is 0. The molecule has 0 aliphatic carbocycles. The van der Waals surface area contributed by atoms with E-state index in [1.54, 1.807) is 36.4 Å². The predicted molar refractivity (Wildman–Crippen MR) is 99.7 cm³/mol. The molecule has 0 saturated carbocycles. The fourth-order valence-electron chi connectivity index (χ4n) is 2.41. The van der Waals surface area contributed by atoms with Crippen LogP contribution in [0.3, 0.4) is 0 Å². The van der Waals surface area contributed by atoms with Crippen molar-refractivity contribution in [3.8, 4) is 22.3 Å². The molecule has 0 spiro atoms. The Morgan fingerprint density at radius 2 is 1.04 bits per heavy atom. The van der Waals surface area contributed by atoms with Crippen molar-refractivity contribution in [1.82, 2.24) is 0 Å². The van der Waals surface area contributed by atoms with Gasteiger partial charge in [-0.15, -0.1) is 0 Å². The van der Waals surface area contributed by atoms with Crippen molar-refractivity contribution in [3.63, 3.8) is 0 Å². The van der Waals surface area contributed by atoms with Crippen LogP contribution in [0.1, 0.15) is 0 Å². The SMILES string of the molecule is Fc1cc(-c2cccc([Se]Cl)c2)c(F)cc1-c1cccc([Se]Cl)c1. The summed E-state index contributed by atoms with van der Waals surface area (Å²) in [5.41, 5.74) is 1.71. The third-order valence-corrected chi connectivity index (χ3v) is 7.19. The Hall–Kier alpha value is -0.861. The molecule has 122 valence electrons. The molecule has 0 aromatic heterocycles. The van der Waals surface area contributed by atoms with Gasteiger partial charge in [0.15, 0.2) is 0 Å². The molecule has 0 nitrogen and oxygen atoms in total. The third kappa shape index (κ3) is 3.86. The fraction of sp³-hybridized carbons (Fsp3) is 0. The van der Waals surface area contributed by atoms with Crippen LogP contribution in [0.15, 0.2) is 60.7 Å². The van der Waals surface area contributed by atoms with Gasteiger partial charge in [0.1, 0.15) is 0 Å². The van der Waals surface area contributed by atoms with Crippen LogP contribution in [0, 0.1) is 11.6 Å². The van der Waals surface area contributed by atoms with Crippen molar-refractivity contribution in [2.75, 3.05) is 0 Å². The molecular formula is C18H10Cl2F2Se2. The van der Waals surface area contributed by atoms with Gasteiger partial charge in [-0.05, 0) is 0 Å². The molecule has 3 rings (SSSR count). The van der Waals surface area contributed by atoms with Gasteiger partial charge in [-0.3, -0.25) is 0 Å². The maximum absolute atomic E-state index is 14.6. The van der Waals surface area contributed by atoms with Crippen LogP contribution in [0.2, 0.25) is 0 Å². The van der Waals surface area contributed by atoms with Gasteiger partial charge in [0.05, 0.1) is 0 Å². The van der Waals surface area contributed by atoms with Gasteiger partial charge in [-0.25, -0.2) is 0 Å². The van der Waals surface area contributed by atoms with E-state index in [-0.39, 0.29) is 39.2 Å².